The third-order valence-electron chi connectivity index (χ3n) is 2.50. The molecule has 0 unspecified atom stereocenters. The maximum absolute atomic E-state index is 11.6. The van der Waals surface area contributed by atoms with Crippen molar-refractivity contribution in [3.05, 3.63) is 12.5 Å². The largest absolute Gasteiger partial charge is 0.335 e. The zero-order chi connectivity index (χ0) is 10.9. The smallest absolute Gasteiger partial charge is 0.257 e. The third-order valence-corrected chi connectivity index (χ3v) is 4.21. The highest BCUT2D eigenvalue weighted by Gasteiger charge is 2.28. The summed E-state index contributed by atoms with van der Waals surface area (Å²) in [4.78, 5) is 6.22. The second kappa shape index (κ2) is 4.11. The number of hydrogen-bond acceptors (Lipinski definition) is 3. The van der Waals surface area contributed by atoms with Crippen molar-refractivity contribution in [3.8, 4) is 0 Å². The summed E-state index contributed by atoms with van der Waals surface area (Å²) in [5, 5.41) is 0.316. The van der Waals surface area contributed by atoms with Crippen LogP contribution < -0.4 is 4.72 Å². The molecule has 0 atom stereocenters. The van der Waals surface area contributed by atoms with Crippen molar-refractivity contribution in [1.82, 2.24) is 14.7 Å². The molecule has 0 radical (unpaired) electrons. The van der Waals surface area contributed by atoms with Crippen LogP contribution in [0.3, 0.4) is 0 Å². The molecule has 84 valence electrons. The number of rotatable bonds is 4. The lowest BCUT2D eigenvalue weighted by Gasteiger charge is -2.30. The highest BCUT2D eigenvalue weighted by molar-refractivity contribution is 7.89. The lowest BCUT2D eigenvalue weighted by Crippen LogP contribution is -2.36. The van der Waals surface area contributed by atoms with E-state index in [-0.39, 0.29) is 10.4 Å². The number of imidazole rings is 1. The maximum Gasteiger partial charge on any atom is 0.257 e. The quantitative estimate of drug-likeness (QED) is 0.772. The average molecular weight is 250 g/mol. The number of sulfonamides is 1. The number of aromatic amines is 1. The Labute approximate surface area is 93.3 Å². The van der Waals surface area contributed by atoms with E-state index in [0.29, 0.717) is 12.5 Å². The van der Waals surface area contributed by atoms with Gasteiger partial charge in [0.05, 0.1) is 12.5 Å². The van der Waals surface area contributed by atoms with Crippen molar-refractivity contribution >= 4 is 21.6 Å². The fourth-order valence-electron chi connectivity index (χ4n) is 1.52. The molecular weight excluding hydrogens is 238 g/mol. The first-order valence-electron chi connectivity index (χ1n) is 4.70. The summed E-state index contributed by atoms with van der Waals surface area (Å²) in [5.41, 5.74) is 0. The second-order valence-electron chi connectivity index (χ2n) is 3.70. The molecule has 1 saturated carbocycles. The van der Waals surface area contributed by atoms with Gasteiger partial charge < -0.3 is 4.98 Å². The van der Waals surface area contributed by atoms with Crippen LogP contribution >= 0.6 is 11.6 Å². The number of alkyl halides is 1. The molecule has 2 rings (SSSR count). The molecule has 2 N–H and O–H groups in total. The topological polar surface area (TPSA) is 74.8 Å². The lowest BCUT2D eigenvalue weighted by molar-refractivity contribution is 0.324. The molecule has 0 aromatic carbocycles. The summed E-state index contributed by atoms with van der Waals surface area (Å²) in [5.74, 6) is 0.366. The van der Waals surface area contributed by atoms with Crippen molar-refractivity contribution in [1.29, 1.82) is 0 Å². The molecular formula is C8H12ClN3O2S. The zero-order valence-corrected chi connectivity index (χ0v) is 9.55. The standard InChI is InChI=1S/C8H12ClN3O2S/c9-7-1-6(2-7)3-12-15(13,14)8-4-10-5-11-8/h4-7,12H,1-3H2,(H,10,11). The zero-order valence-electron chi connectivity index (χ0n) is 7.98. The molecule has 0 bridgehead atoms. The molecule has 1 heterocycles. The molecule has 7 heteroatoms. The summed E-state index contributed by atoms with van der Waals surface area (Å²) in [6.07, 6.45) is 4.39. The number of nitrogens with one attached hydrogen (secondary N) is 2. The Morgan fingerprint density at radius 3 is 2.87 bits per heavy atom. The molecule has 1 aliphatic carbocycles. The minimum absolute atomic E-state index is 0.101. The van der Waals surface area contributed by atoms with Crippen LogP contribution in [0.2, 0.25) is 0 Å². The van der Waals surface area contributed by atoms with Gasteiger partial charge in [0, 0.05) is 11.9 Å². The van der Waals surface area contributed by atoms with Gasteiger partial charge in [-0.15, -0.1) is 11.6 Å². The Kier molecular flexibility index (Phi) is 2.99. The van der Waals surface area contributed by atoms with Crippen molar-refractivity contribution in [2.24, 2.45) is 5.92 Å². The van der Waals surface area contributed by atoms with E-state index >= 15 is 0 Å². The van der Waals surface area contributed by atoms with E-state index in [2.05, 4.69) is 14.7 Å². The predicted molar refractivity (Wildman–Crippen MR) is 56.1 cm³/mol. The van der Waals surface area contributed by atoms with Crippen molar-refractivity contribution in [2.45, 2.75) is 23.2 Å². The summed E-state index contributed by atoms with van der Waals surface area (Å²) in [6, 6.07) is 0. The minimum Gasteiger partial charge on any atom is -0.335 e. The Hall–Kier alpha value is -0.590. The van der Waals surface area contributed by atoms with Gasteiger partial charge in [0.2, 0.25) is 0 Å². The van der Waals surface area contributed by atoms with Gasteiger partial charge in [-0.2, -0.15) is 0 Å². The second-order valence-corrected chi connectivity index (χ2v) is 6.06. The highest BCUT2D eigenvalue weighted by Crippen LogP contribution is 2.31. The van der Waals surface area contributed by atoms with E-state index in [9.17, 15) is 8.42 Å². The van der Waals surface area contributed by atoms with Crippen LogP contribution in [-0.4, -0.2) is 30.3 Å². The van der Waals surface area contributed by atoms with Crippen LogP contribution in [-0.2, 0) is 10.0 Å². The molecule has 0 amide bonds. The van der Waals surface area contributed by atoms with Crippen LogP contribution in [0, 0.1) is 5.92 Å². The van der Waals surface area contributed by atoms with E-state index in [1.807, 2.05) is 0 Å². The van der Waals surface area contributed by atoms with E-state index in [4.69, 9.17) is 11.6 Å². The van der Waals surface area contributed by atoms with Crippen LogP contribution in [0.5, 0.6) is 0 Å². The Bertz CT molecular complexity index is 411. The molecule has 0 aliphatic heterocycles. The number of hydrogen-bond donors (Lipinski definition) is 2. The summed E-state index contributed by atoms with van der Waals surface area (Å²) >= 11 is 5.80. The number of nitrogens with zero attached hydrogens (tertiary/aromatic N) is 1. The normalized spacial score (nSPS) is 26.2. The molecule has 1 aromatic heterocycles. The monoisotopic (exact) mass is 249 g/mol. The molecule has 1 aromatic rings. The van der Waals surface area contributed by atoms with Gasteiger partial charge in [-0.05, 0) is 18.8 Å². The number of aromatic nitrogens is 2. The molecule has 15 heavy (non-hydrogen) atoms. The molecule has 0 spiro atoms. The molecule has 1 fully saturated rings. The predicted octanol–water partition coefficient (Wildman–Crippen LogP) is 0.705. The number of H-pyrrole nitrogens is 1. The summed E-state index contributed by atoms with van der Waals surface area (Å²) < 4.78 is 25.7. The highest BCUT2D eigenvalue weighted by atomic mass is 35.5. The molecule has 0 saturated heterocycles. The van der Waals surface area contributed by atoms with Crippen LogP contribution in [0.25, 0.3) is 0 Å². The van der Waals surface area contributed by atoms with Crippen LogP contribution in [0.1, 0.15) is 12.8 Å². The van der Waals surface area contributed by atoms with E-state index in [1.165, 1.54) is 12.5 Å². The molecule has 5 nitrogen and oxygen atoms in total. The fourth-order valence-corrected chi connectivity index (χ4v) is 3.04. The van der Waals surface area contributed by atoms with Gasteiger partial charge >= 0.3 is 0 Å². The maximum atomic E-state index is 11.6. The lowest BCUT2D eigenvalue weighted by atomic mass is 9.85. The number of halogens is 1. The first-order valence-corrected chi connectivity index (χ1v) is 6.62. The summed E-state index contributed by atoms with van der Waals surface area (Å²) in [6.45, 7) is 0.449. The Morgan fingerprint density at radius 2 is 2.33 bits per heavy atom. The van der Waals surface area contributed by atoms with E-state index < -0.39 is 10.0 Å². The van der Waals surface area contributed by atoms with Gasteiger partial charge in [-0.1, -0.05) is 0 Å². The van der Waals surface area contributed by atoms with E-state index in [0.717, 1.165) is 12.8 Å². The first kappa shape index (κ1) is 10.9. The molecule has 1 aliphatic rings. The van der Waals surface area contributed by atoms with Gasteiger partial charge in [0.25, 0.3) is 10.0 Å². The first-order chi connectivity index (χ1) is 7.08. The van der Waals surface area contributed by atoms with Crippen molar-refractivity contribution < 1.29 is 8.42 Å². The fraction of sp³-hybridized carbons (Fsp3) is 0.625. The third kappa shape index (κ3) is 2.50. The van der Waals surface area contributed by atoms with E-state index in [1.54, 1.807) is 0 Å². The van der Waals surface area contributed by atoms with Crippen LogP contribution in [0.4, 0.5) is 0 Å². The van der Waals surface area contributed by atoms with Crippen LogP contribution in [0.15, 0.2) is 17.6 Å². The minimum atomic E-state index is -3.42. The van der Waals surface area contributed by atoms with Gasteiger partial charge in [-0.3, -0.25) is 0 Å². The SMILES string of the molecule is O=S(=O)(NCC1CC(Cl)C1)c1cnc[nH]1. The van der Waals surface area contributed by atoms with Crippen molar-refractivity contribution in [2.75, 3.05) is 6.54 Å². The van der Waals surface area contributed by atoms with Gasteiger partial charge in [-0.25, -0.2) is 18.1 Å². The van der Waals surface area contributed by atoms with Gasteiger partial charge in [0.1, 0.15) is 0 Å². The van der Waals surface area contributed by atoms with Gasteiger partial charge in [0.15, 0.2) is 5.03 Å². The average Bonchev–Trinajstić information content (AvgIpc) is 2.63. The van der Waals surface area contributed by atoms with Crippen molar-refractivity contribution in [3.63, 3.8) is 0 Å². The Balaban J connectivity index is 1.89. The Morgan fingerprint density at radius 1 is 1.60 bits per heavy atom. The summed E-state index contributed by atoms with van der Waals surface area (Å²) in [7, 11) is -3.42.